The summed E-state index contributed by atoms with van der Waals surface area (Å²) in [5, 5.41) is 3.96. The number of hydrogen-bond donors (Lipinski definition) is 1. The number of thioether (sulfide) groups is 1. The van der Waals surface area contributed by atoms with Gasteiger partial charge in [-0.2, -0.15) is 0 Å². The van der Waals surface area contributed by atoms with Crippen LogP contribution in [0.1, 0.15) is 25.3 Å². The highest BCUT2D eigenvalue weighted by Gasteiger charge is 2.29. The van der Waals surface area contributed by atoms with E-state index in [1.54, 1.807) is 11.8 Å². The standard InChI is InChI=1S/C14H18BrNOS/c1-14(2,8-15)9-16-13(17)11-7-18-12-6-4-3-5-10(11)12/h3-6,11H,7-9H2,1-2H3,(H,16,17). The van der Waals surface area contributed by atoms with Crippen molar-refractivity contribution in [1.29, 1.82) is 0 Å². The van der Waals surface area contributed by atoms with Crippen LogP contribution < -0.4 is 5.32 Å². The quantitative estimate of drug-likeness (QED) is 0.858. The lowest BCUT2D eigenvalue weighted by atomic mass is 9.95. The molecule has 0 aromatic heterocycles. The molecule has 2 nitrogen and oxygen atoms in total. The van der Waals surface area contributed by atoms with E-state index in [0.717, 1.165) is 11.1 Å². The number of benzene rings is 1. The molecular formula is C14H18BrNOS. The van der Waals surface area contributed by atoms with Crippen molar-refractivity contribution in [3.8, 4) is 0 Å². The summed E-state index contributed by atoms with van der Waals surface area (Å²) in [6.45, 7) is 4.99. The van der Waals surface area contributed by atoms with Crippen LogP contribution in [0.3, 0.4) is 0 Å². The molecule has 1 atom stereocenters. The van der Waals surface area contributed by atoms with Gasteiger partial charge in [0, 0.05) is 22.5 Å². The SMILES string of the molecule is CC(C)(CBr)CNC(=O)C1CSc2ccccc21. The summed E-state index contributed by atoms with van der Waals surface area (Å²) in [5.74, 6) is 1.03. The minimum Gasteiger partial charge on any atom is -0.355 e. The number of fused-ring (bicyclic) bond motifs is 1. The summed E-state index contributed by atoms with van der Waals surface area (Å²) in [4.78, 5) is 13.5. The number of carbonyl (C=O) groups excluding carboxylic acids is 1. The molecular weight excluding hydrogens is 310 g/mol. The Balaban J connectivity index is 2.00. The molecule has 1 N–H and O–H groups in total. The second kappa shape index (κ2) is 5.66. The van der Waals surface area contributed by atoms with Crippen LogP contribution in [-0.2, 0) is 4.79 Å². The van der Waals surface area contributed by atoms with Crippen molar-refractivity contribution in [3.05, 3.63) is 29.8 Å². The van der Waals surface area contributed by atoms with Crippen molar-refractivity contribution >= 4 is 33.6 Å². The van der Waals surface area contributed by atoms with Crippen LogP contribution in [0, 0.1) is 5.41 Å². The van der Waals surface area contributed by atoms with Gasteiger partial charge in [-0.3, -0.25) is 4.79 Å². The van der Waals surface area contributed by atoms with Crippen molar-refractivity contribution in [1.82, 2.24) is 5.32 Å². The van der Waals surface area contributed by atoms with Gasteiger partial charge in [0.05, 0.1) is 5.92 Å². The van der Waals surface area contributed by atoms with E-state index in [-0.39, 0.29) is 17.2 Å². The highest BCUT2D eigenvalue weighted by atomic mass is 79.9. The number of halogens is 1. The normalized spacial score (nSPS) is 18.5. The fourth-order valence-electron chi connectivity index (χ4n) is 1.88. The summed E-state index contributed by atoms with van der Waals surface area (Å²) in [6, 6.07) is 8.19. The minimum atomic E-state index is 0.0114. The first-order valence-corrected chi connectivity index (χ1v) is 8.19. The van der Waals surface area contributed by atoms with Crippen LogP contribution in [0.5, 0.6) is 0 Å². The van der Waals surface area contributed by atoms with Gasteiger partial charge < -0.3 is 5.32 Å². The van der Waals surface area contributed by atoms with Crippen molar-refractivity contribution in [2.75, 3.05) is 17.6 Å². The van der Waals surface area contributed by atoms with Crippen LogP contribution >= 0.6 is 27.7 Å². The monoisotopic (exact) mass is 327 g/mol. The molecule has 1 amide bonds. The van der Waals surface area contributed by atoms with Crippen molar-refractivity contribution in [2.45, 2.75) is 24.7 Å². The Hall–Kier alpha value is -0.480. The summed E-state index contributed by atoms with van der Waals surface area (Å²) >= 11 is 5.25. The second-order valence-electron chi connectivity index (χ2n) is 5.42. The number of nitrogens with one attached hydrogen (secondary N) is 1. The van der Waals surface area contributed by atoms with Crippen LogP contribution in [0.2, 0.25) is 0 Å². The molecule has 0 aliphatic carbocycles. The van der Waals surface area contributed by atoms with E-state index in [2.05, 4.69) is 47.2 Å². The molecule has 1 aromatic rings. The van der Waals surface area contributed by atoms with Gasteiger partial charge in [-0.05, 0) is 17.0 Å². The average molecular weight is 328 g/mol. The molecule has 0 spiro atoms. The van der Waals surface area contributed by atoms with E-state index in [1.165, 1.54) is 10.5 Å². The smallest absolute Gasteiger partial charge is 0.228 e. The maximum absolute atomic E-state index is 12.2. The average Bonchev–Trinajstić information content (AvgIpc) is 2.80. The molecule has 18 heavy (non-hydrogen) atoms. The Morgan fingerprint density at radius 2 is 2.22 bits per heavy atom. The van der Waals surface area contributed by atoms with Crippen LogP contribution in [0.15, 0.2) is 29.2 Å². The van der Waals surface area contributed by atoms with Gasteiger partial charge in [-0.25, -0.2) is 0 Å². The molecule has 1 aromatic carbocycles. The number of rotatable bonds is 4. The summed E-state index contributed by atoms with van der Waals surface area (Å²) in [6.07, 6.45) is 0. The summed E-state index contributed by atoms with van der Waals surface area (Å²) in [5.41, 5.74) is 1.28. The number of carbonyl (C=O) groups is 1. The molecule has 1 unspecified atom stereocenters. The molecule has 1 aliphatic rings. The largest absolute Gasteiger partial charge is 0.355 e. The zero-order valence-corrected chi connectivity index (χ0v) is 13.1. The van der Waals surface area contributed by atoms with Gasteiger partial charge in [-0.15, -0.1) is 11.8 Å². The molecule has 1 aliphatic heterocycles. The molecule has 2 rings (SSSR count). The molecule has 0 saturated heterocycles. The predicted octanol–water partition coefficient (Wildman–Crippen LogP) is 3.41. The fraction of sp³-hybridized carbons (Fsp3) is 0.500. The zero-order valence-electron chi connectivity index (χ0n) is 10.7. The number of hydrogen-bond acceptors (Lipinski definition) is 2. The lowest BCUT2D eigenvalue weighted by Gasteiger charge is -2.23. The molecule has 98 valence electrons. The highest BCUT2D eigenvalue weighted by molar-refractivity contribution is 9.09. The van der Waals surface area contributed by atoms with Crippen LogP contribution in [0.25, 0.3) is 0 Å². The Labute approximate surface area is 121 Å². The molecule has 0 bridgehead atoms. The van der Waals surface area contributed by atoms with E-state index in [4.69, 9.17) is 0 Å². The van der Waals surface area contributed by atoms with Gasteiger partial charge in [0.15, 0.2) is 0 Å². The van der Waals surface area contributed by atoms with Gasteiger partial charge in [0.25, 0.3) is 0 Å². The van der Waals surface area contributed by atoms with Gasteiger partial charge in [-0.1, -0.05) is 48.0 Å². The minimum absolute atomic E-state index is 0.0114. The number of alkyl halides is 1. The molecule has 4 heteroatoms. The van der Waals surface area contributed by atoms with E-state index in [1.807, 2.05) is 12.1 Å². The fourth-order valence-corrected chi connectivity index (χ4v) is 3.30. The Bertz CT molecular complexity index is 447. The third-order valence-electron chi connectivity index (χ3n) is 3.12. The van der Waals surface area contributed by atoms with E-state index < -0.39 is 0 Å². The van der Waals surface area contributed by atoms with Gasteiger partial charge in [0.1, 0.15) is 0 Å². The maximum Gasteiger partial charge on any atom is 0.228 e. The topological polar surface area (TPSA) is 29.1 Å². The third-order valence-corrected chi connectivity index (χ3v) is 5.82. The molecule has 1 heterocycles. The third kappa shape index (κ3) is 3.09. The molecule has 0 saturated carbocycles. The lowest BCUT2D eigenvalue weighted by Crippen LogP contribution is -2.37. The van der Waals surface area contributed by atoms with E-state index in [0.29, 0.717) is 6.54 Å². The first kappa shape index (κ1) is 13.9. The summed E-state index contributed by atoms with van der Waals surface area (Å²) in [7, 11) is 0. The Morgan fingerprint density at radius 3 is 2.94 bits per heavy atom. The Kier molecular flexibility index (Phi) is 4.38. The number of amides is 1. The van der Waals surface area contributed by atoms with Crippen molar-refractivity contribution < 1.29 is 4.79 Å². The molecule has 0 radical (unpaired) electrons. The van der Waals surface area contributed by atoms with Gasteiger partial charge >= 0.3 is 0 Å². The van der Waals surface area contributed by atoms with E-state index in [9.17, 15) is 4.79 Å². The first-order chi connectivity index (χ1) is 8.53. The maximum atomic E-state index is 12.2. The van der Waals surface area contributed by atoms with Crippen LogP contribution in [-0.4, -0.2) is 23.5 Å². The summed E-state index contributed by atoms with van der Waals surface area (Å²) < 4.78 is 0. The first-order valence-electron chi connectivity index (χ1n) is 6.09. The van der Waals surface area contributed by atoms with Gasteiger partial charge in [0.2, 0.25) is 5.91 Å². The van der Waals surface area contributed by atoms with E-state index >= 15 is 0 Å². The Morgan fingerprint density at radius 1 is 1.50 bits per heavy atom. The van der Waals surface area contributed by atoms with Crippen LogP contribution in [0.4, 0.5) is 0 Å². The molecule has 0 fully saturated rings. The second-order valence-corrected chi connectivity index (χ2v) is 7.04. The predicted molar refractivity (Wildman–Crippen MR) is 80.5 cm³/mol. The lowest BCUT2D eigenvalue weighted by molar-refractivity contribution is -0.122. The highest BCUT2D eigenvalue weighted by Crippen LogP contribution is 2.39. The van der Waals surface area contributed by atoms with Crippen molar-refractivity contribution in [3.63, 3.8) is 0 Å². The van der Waals surface area contributed by atoms with Crippen molar-refractivity contribution in [2.24, 2.45) is 5.41 Å². The zero-order chi connectivity index (χ0) is 13.2.